The summed E-state index contributed by atoms with van der Waals surface area (Å²) in [6.07, 6.45) is 0. The van der Waals surface area contributed by atoms with Crippen molar-refractivity contribution in [3.05, 3.63) is 35.6 Å². The van der Waals surface area contributed by atoms with Gasteiger partial charge in [0.2, 0.25) is 5.91 Å². The zero-order valence-corrected chi connectivity index (χ0v) is 9.94. The average Bonchev–Trinajstić information content (AvgIpc) is 2.36. The van der Waals surface area contributed by atoms with Gasteiger partial charge in [-0.1, -0.05) is 12.1 Å². The minimum Gasteiger partial charge on any atom is -0.394 e. The lowest BCUT2D eigenvalue weighted by Gasteiger charge is -2.11. The highest BCUT2D eigenvalue weighted by Gasteiger charge is 2.12. The van der Waals surface area contributed by atoms with Crippen LogP contribution < -0.4 is 10.6 Å². The summed E-state index contributed by atoms with van der Waals surface area (Å²) in [4.78, 5) is 22.8. The molecule has 0 bridgehead atoms. The van der Waals surface area contributed by atoms with Crippen molar-refractivity contribution >= 4 is 11.8 Å². The smallest absolute Gasteiger partial charge is 0.254 e. The predicted octanol–water partition coefficient (Wildman–Crippen LogP) is 0.0525. The van der Waals surface area contributed by atoms with Crippen molar-refractivity contribution in [2.45, 2.75) is 13.0 Å². The third-order valence-electron chi connectivity index (χ3n) is 2.21. The number of nitrogens with one attached hydrogen (secondary N) is 2. The van der Waals surface area contributed by atoms with Gasteiger partial charge in [-0.2, -0.15) is 0 Å². The van der Waals surface area contributed by atoms with Crippen LogP contribution in [0.15, 0.2) is 24.3 Å². The van der Waals surface area contributed by atoms with E-state index in [1.165, 1.54) is 24.3 Å². The first kappa shape index (κ1) is 14.1. The molecular formula is C12H15FN2O3. The Balaban J connectivity index is 2.47. The molecule has 0 radical (unpaired) electrons. The fraction of sp³-hybridized carbons (Fsp3) is 0.333. The van der Waals surface area contributed by atoms with Crippen LogP contribution in [0.1, 0.15) is 17.3 Å². The van der Waals surface area contributed by atoms with Crippen molar-refractivity contribution in [2.75, 3.05) is 13.2 Å². The maximum Gasteiger partial charge on any atom is 0.254 e. The van der Waals surface area contributed by atoms with Gasteiger partial charge in [-0.05, 0) is 19.1 Å². The molecule has 3 N–H and O–H groups in total. The minimum atomic E-state index is -0.653. The molecule has 6 heteroatoms. The summed E-state index contributed by atoms with van der Waals surface area (Å²) in [5, 5.41) is 13.5. The fourth-order valence-electron chi connectivity index (χ4n) is 1.27. The number of benzene rings is 1. The monoisotopic (exact) mass is 254 g/mol. The van der Waals surface area contributed by atoms with Crippen LogP contribution in [0.3, 0.4) is 0 Å². The van der Waals surface area contributed by atoms with E-state index in [2.05, 4.69) is 10.6 Å². The van der Waals surface area contributed by atoms with Gasteiger partial charge in [0.1, 0.15) is 5.82 Å². The lowest BCUT2D eigenvalue weighted by atomic mass is 10.2. The second-order valence-corrected chi connectivity index (χ2v) is 3.81. The van der Waals surface area contributed by atoms with E-state index in [4.69, 9.17) is 5.11 Å². The second kappa shape index (κ2) is 6.70. The maximum atomic E-state index is 13.2. The molecule has 98 valence electrons. The molecular weight excluding hydrogens is 239 g/mol. The van der Waals surface area contributed by atoms with E-state index in [1.54, 1.807) is 6.92 Å². The number of carbonyl (C=O) groups is 2. The summed E-state index contributed by atoms with van der Waals surface area (Å²) in [5.74, 6) is -1.74. The van der Waals surface area contributed by atoms with Crippen molar-refractivity contribution in [3.63, 3.8) is 0 Å². The van der Waals surface area contributed by atoms with Gasteiger partial charge in [0.05, 0.1) is 18.7 Å². The van der Waals surface area contributed by atoms with Crippen LogP contribution in [0.4, 0.5) is 4.39 Å². The Kier molecular flexibility index (Phi) is 5.26. The molecule has 0 fully saturated rings. The van der Waals surface area contributed by atoms with E-state index in [-0.39, 0.29) is 24.8 Å². The van der Waals surface area contributed by atoms with Crippen LogP contribution in [-0.2, 0) is 4.79 Å². The van der Waals surface area contributed by atoms with E-state index >= 15 is 0 Å². The summed E-state index contributed by atoms with van der Waals surface area (Å²) < 4.78 is 13.2. The second-order valence-electron chi connectivity index (χ2n) is 3.81. The highest BCUT2D eigenvalue weighted by Crippen LogP contribution is 2.05. The Bertz CT molecular complexity index is 437. The number of carbonyl (C=O) groups excluding carboxylic acids is 2. The Hall–Kier alpha value is -1.95. The van der Waals surface area contributed by atoms with Crippen LogP contribution in [-0.4, -0.2) is 36.1 Å². The molecule has 0 aliphatic rings. The summed E-state index contributed by atoms with van der Waals surface area (Å²) in [7, 11) is 0. The topological polar surface area (TPSA) is 78.4 Å². The number of halogens is 1. The van der Waals surface area contributed by atoms with Crippen LogP contribution in [0.2, 0.25) is 0 Å². The van der Waals surface area contributed by atoms with Crippen molar-refractivity contribution in [1.82, 2.24) is 10.6 Å². The average molecular weight is 254 g/mol. The molecule has 1 aromatic rings. The van der Waals surface area contributed by atoms with E-state index in [1.807, 2.05) is 0 Å². The highest BCUT2D eigenvalue weighted by atomic mass is 19.1. The molecule has 2 amide bonds. The van der Waals surface area contributed by atoms with Gasteiger partial charge in [-0.3, -0.25) is 9.59 Å². The number of hydrogen-bond donors (Lipinski definition) is 3. The van der Waals surface area contributed by atoms with Gasteiger partial charge in [0.15, 0.2) is 0 Å². The van der Waals surface area contributed by atoms with Crippen molar-refractivity contribution in [3.8, 4) is 0 Å². The van der Waals surface area contributed by atoms with E-state index in [0.29, 0.717) is 0 Å². The number of hydrogen-bond acceptors (Lipinski definition) is 3. The van der Waals surface area contributed by atoms with Crippen molar-refractivity contribution in [1.29, 1.82) is 0 Å². The van der Waals surface area contributed by atoms with Crippen LogP contribution in [0.25, 0.3) is 0 Å². The van der Waals surface area contributed by atoms with Crippen LogP contribution in [0.5, 0.6) is 0 Å². The zero-order chi connectivity index (χ0) is 13.5. The Morgan fingerprint density at radius 1 is 1.39 bits per heavy atom. The summed E-state index contributed by atoms with van der Waals surface area (Å²) >= 11 is 0. The first-order chi connectivity index (χ1) is 8.54. The predicted molar refractivity (Wildman–Crippen MR) is 63.4 cm³/mol. The molecule has 0 aliphatic carbocycles. The van der Waals surface area contributed by atoms with E-state index in [9.17, 15) is 14.0 Å². The number of aliphatic hydroxyl groups excluding tert-OH is 1. The standard InChI is InChI=1S/C12H15FN2O3/c1-8(7-16)15-11(17)6-14-12(18)9-4-2-3-5-10(9)13/h2-5,8,16H,6-7H2,1H3,(H,14,18)(H,15,17)/t8-/m1/s1. The molecule has 18 heavy (non-hydrogen) atoms. The van der Waals surface area contributed by atoms with Crippen LogP contribution >= 0.6 is 0 Å². The largest absolute Gasteiger partial charge is 0.394 e. The maximum absolute atomic E-state index is 13.2. The van der Waals surface area contributed by atoms with Gasteiger partial charge in [0, 0.05) is 6.04 Å². The van der Waals surface area contributed by atoms with Gasteiger partial charge in [-0.25, -0.2) is 4.39 Å². The molecule has 5 nitrogen and oxygen atoms in total. The third kappa shape index (κ3) is 4.14. The summed E-state index contributed by atoms with van der Waals surface area (Å²) in [6, 6.07) is 5.12. The molecule has 1 aromatic carbocycles. The SMILES string of the molecule is C[C@H](CO)NC(=O)CNC(=O)c1ccccc1F. The number of aliphatic hydroxyl groups is 1. The lowest BCUT2D eigenvalue weighted by molar-refractivity contribution is -0.121. The Morgan fingerprint density at radius 2 is 2.06 bits per heavy atom. The van der Waals surface area contributed by atoms with E-state index < -0.39 is 17.6 Å². The number of amides is 2. The van der Waals surface area contributed by atoms with Gasteiger partial charge in [0.25, 0.3) is 5.91 Å². The highest BCUT2D eigenvalue weighted by molar-refractivity contribution is 5.96. The minimum absolute atomic E-state index is 0.111. The molecule has 1 rings (SSSR count). The fourth-order valence-corrected chi connectivity index (χ4v) is 1.27. The Labute approximate surface area is 104 Å². The first-order valence-electron chi connectivity index (χ1n) is 5.47. The molecule has 0 heterocycles. The lowest BCUT2D eigenvalue weighted by Crippen LogP contribution is -2.42. The zero-order valence-electron chi connectivity index (χ0n) is 9.94. The first-order valence-corrected chi connectivity index (χ1v) is 5.47. The summed E-state index contributed by atoms with van der Waals surface area (Å²) in [5.41, 5.74) is -0.111. The third-order valence-corrected chi connectivity index (χ3v) is 2.21. The van der Waals surface area contributed by atoms with E-state index in [0.717, 1.165) is 0 Å². The Morgan fingerprint density at radius 3 is 2.67 bits per heavy atom. The number of rotatable bonds is 5. The molecule has 0 spiro atoms. The molecule has 1 atom stereocenters. The van der Waals surface area contributed by atoms with Crippen LogP contribution in [0, 0.1) is 5.82 Å². The molecule has 0 aromatic heterocycles. The summed E-state index contributed by atoms with van der Waals surface area (Å²) in [6.45, 7) is 1.17. The quantitative estimate of drug-likeness (QED) is 0.695. The molecule has 0 aliphatic heterocycles. The van der Waals surface area contributed by atoms with Crippen molar-refractivity contribution < 1.29 is 19.1 Å². The van der Waals surface area contributed by atoms with Gasteiger partial charge < -0.3 is 15.7 Å². The van der Waals surface area contributed by atoms with Gasteiger partial charge in [-0.15, -0.1) is 0 Å². The molecule has 0 saturated heterocycles. The van der Waals surface area contributed by atoms with Gasteiger partial charge >= 0.3 is 0 Å². The molecule has 0 unspecified atom stereocenters. The molecule has 0 saturated carbocycles. The van der Waals surface area contributed by atoms with Crippen molar-refractivity contribution in [2.24, 2.45) is 0 Å². The normalized spacial score (nSPS) is 11.7.